The molecule has 3 nitrogen and oxygen atoms in total. The molecule has 2 aromatic carbocycles. The van der Waals surface area contributed by atoms with Crippen molar-refractivity contribution in [1.29, 1.82) is 0 Å². The number of hydrogen-bond acceptors (Lipinski definition) is 2. The van der Waals surface area contributed by atoms with Crippen LogP contribution in [0.3, 0.4) is 0 Å². The van der Waals surface area contributed by atoms with E-state index in [0.717, 1.165) is 29.2 Å². The Morgan fingerprint density at radius 2 is 1.91 bits per heavy atom. The molecule has 0 unspecified atom stereocenters. The molecule has 0 aliphatic carbocycles. The van der Waals surface area contributed by atoms with Crippen LogP contribution in [-0.2, 0) is 11.2 Å². The number of rotatable bonds is 7. The van der Waals surface area contributed by atoms with Crippen molar-refractivity contribution in [1.82, 2.24) is 5.32 Å². The lowest BCUT2D eigenvalue weighted by atomic mass is 10.1. The molecule has 122 valence electrons. The zero-order valence-electron chi connectivity index (χ0n) is 13.7. The molecule has 0 spiro atoms. The molecule has 2 rings (SSSR count). The van der Waals surface area contributed by atoms with Crippen molar-refractivity contribution in [3.63, 3.8) is 0 Å². The van der Waals surface area contributed by atoms with E-state index in [2.05, 4.69) is 22.8 Å². The summed E-state index contributed by atoms with van der Waals surface area (Å²) in [6, 6.07) is 13.9. The molecular formula is C19H23ClN2O. The SMILES string of the molecule is Cc1ccc(NC(=O)CCNCCc2cccc(Cl)c2)c(C)c1. The number of hydrogen-bond donors (Lipinski definition) is 2. The Balaban J connectivity index is 1.67. The van der Waals surface area contributed by atoms with Crippen LogP contribution in [-0.4, -0.2) is 19.0 Å². The van der Waals surface area contributed by atoms with Crippen molar-refractivity contribution in [2.24, 2.45) is 0 Å². The third kappa shape index (κ3) is 6.05. The van der Waals surface area contributed by atoms with Crippen molar-refractivity contribution in [3.05, 3.63) is 64.2 Å². The van der Waals surface area contributed by atoms with Gasteiger partial charge in [-0.05, 0) is 56.1 Å². The fraction of sp³-hybridized carbons (Fsp3) is 0.316. The minimum atomic E-state index is 0.0345. The van der Waals surface area contributed by atoms with E-state index in [1.165, 1.54) is 11.1 Å². The summed E-state index contributed by atoms with van der Waals surface area (Å²) >= 11 is 5.95. The molecule has 0 fully saturated rings. The molecule has 0 atom stereocenters. The molecule has 0 saturated heterocycles. The minimum Gasteiger partial charge on any atom is -0.326 e. The summed E-state index contributed by atoms with van der Waals surface area (Å²) in [6.07, 6.45) is 1.36. The van der Waals surface area contributed by atoms with E-state index in [0.29, 0.717) is 13.0 Å². The Hall–Kier alpha value is -1.84. The van der Waals surface area contributed by atoms with Crippen LogP contribution in [0.15, 0.2) is 42.5 Å². The lowest BCUT2D eigenvalue weighted by Crippen LogP contribution is -2.23. The van der Waals surface area contributed by atoms with Gasteiger partial charge in [0.25, 0.3) is 0 Å². The van der Waals surface area contributed by atoms with Crippen LogP contribution in [0.25, 0.3) is 0 Å². The maximum Gasteiger partial charge on any atom is 0.225 e. The third-order valence-corrected chi connectivity index (χ3v) is 3.90. The lowest BCUT2D eigenvalue weighted by molar-refractivity contribution is -0.116. The second-order valence-electron chi connectivity index (χ2n) is 5.75. The van der Waals surface area contributed by atoms with E-state index in [4.69, 9.17) is 11.6 Å². The molecule has 1 amide bonds. The fourth-order valence-corrected chi connectivity index (χ4v) is 2.63. The zero-order valence-corrected chi connectivity index (χ0v) is 14.4. The van der Waals surface area contributed by atoms with Crippen molar-refractivity contribution in [2.75, 3.05) is 18.4 Å². The minimum absolute atomic E-state index is 0.0345. The van der Waals surface area contributed by atoms with Crippen molar-refractivity contribution >= 4 is 23.2 Å². The van der Waals surface area contributed by atoms with E-state index < -0.39 is 0 Å². The van der Waals surface area contributed by atoms with Gasteiger partial charge in [-0.1, -0.05) is 41.4 Å². The van der Waals surface area contributed by atoms with E-state index >= 15 is 0 Å². The highest BCUT2D eigenvalue weighted by Crippen LogP contribution is 2.16. The van der Waals surface area contributed by atoms with Crippen molar-refractivity contribution in [2.45, 2.75) is 26.7 Å². The van der Waals surface area contributed by atoms with Gasteiger partial charge in [-0.15, -0.1) is 0 Å². The maximum atomic E-state index is 12.0. The first kappa shape index (κ1) is 17.5. The topological polar surface area (TPSA) is 41.1 Å². The molecule has 0 aromatic heterocycles. The third-order valence-electron chi connectivity index (χ3n) is 3.66. The molecule has 0 radical (unpaired) electrons. The van der Waals surface area contributed by atoms with Gasteiger partial charge in [0.05, 0.1) is 0 Å². The van der Waals surface area contributed by atoms with Crippen molar-refractivity contribution < 1.29 is 4.79 Å². The van der Waals surface area contributed by atoms with Gasteiger partial charge >= 0.3 is 0 Å². The molecule has 0 aliphatic heterocycles. The molecule has 0 heterocycles. The largest absolute Gasteiger partial charge is 0.326 e. The van der Waals surface area contributed by atoms with E-state index in [-0.39, 0.29) is 5.91 Å². The number of carbonyl (C=O) groups excluding carboxylic acids is 1. The monoisotopic (exact) mass is 330 g/mol. The average molecular weight is 331 g/mol. The quantitative estimate of drug-likeness (QED) is 0.750. The number of aryl methyl sites for hydroxylation is 2. The number of halogens is 1. The first-order valence-electron chi connectivity index (χ1n) is 7.87. The van der Waals surface area contributed by atoms with Crippen LogP contribution >= 0.6 is 11.6 Å². The number of carbonyl (C=O) groups is 1. The Kier molecular flexibility index (Phi) is 6.63. The number of nitrogens with one attached hydrogen (secondary N) is 2. The highest BCUT2D eigenvalue weighted by molar-refractivity contribution is 6.30. The van der Waals surface area contributed by atoms with Gasteiger partial charge in [0.1, 0.15) is 0 Å². The van der Waals surface area contributed by atoms with Crippen LogP contribution in [0, 0.1) is 13.8 Å². The smallest absolute Gasteiger partial charge is 0.225 e. The van der Waals surface area contributed by atoms with Crippen LogP contribution in [0.1, 0.15) is 23.1 Å². The summed E-state index contributed by atoms with van der Waals surface area (Å²) in [5, 5.41) is 7.01. The number of benzene rings is 2. The average Bonchev–Trinajstić information content (AvgIpc) is 2.50. The molecule has 4 heteroatoms. The van der Waals surface area contributed by atoms with Gasteiger partial charge in [0.15, 0.2) is 0 Å². The van der Waals surface area contributed by atoms with E-state index in [9.17, 15) is 4.79 Å². The lowest BCUT2D eigenvalue weighted by Gasteiger charge is -2.09. The Morgan fingerprint density at radius 3 is 2.65 bits per heavy atom. The summed E-state index contributed by atoms with van der Waals surface area (Å²) in [4.78, 5) is 12.0. The summed E-state index contributed by atoms with van der Waals surface area (Å²) in [6.45, 7) is 5.54. The zero-order chi connectivity index (χ0) is 16.7. The summed E-state index contributed by atoms with van der Waals surface area (Å²) in [7, 11) is 0. The molecular weight excluding hydrogens is 308 g/mol. The molecule has 0 saturated carbocycles. The normalized spacial score (nSPS) is 10.6. The first-order valence-corrected chi connectivity index (χ1v) is 8.24. The van der Waals surface area contributed by atoms with Crippen LogP contribution in [0.2, 0.25) is 5.02 Å². The predicted molar refractivity (Wildman–Crippen MR) is 97.2 cm³/mol. The van der Waals surface area contributed by atoms with E-state index in [1.54, 1.807) is 0 Å². The Labute approximate surface area is 143 Å². The van der Waals surface area contributed by atoms with Gasteiger partial charge < -0.3 is 10.6 Å². The van der Waals surface area contributed by atoms with Crippen LogP contribution < -0.4 is 10.6 Å². The maximum absolute atomic E-state index is 12.0. The first-order chi connectivity index (χ1) is 11.0. The van der Waals surface area contributed by atoms with Gasteiger partial charge in [-0.2, -0.15) is 0 Å². The summed E-state index contributed by atoms with van der Waals surface area (Å²) in [5.41, 5.74) is 4.37. The standard InChI is InChI=1S/C19H23ClN2O/c1-14-6-7-18(15(2)12-14)22-19(23)9-11-21-10-8-16-4-3-5-17(20)13-16/h3-7,12-13,21H,8-11H2,1-2H3,(H,22,23). The fourth-order valence-electron chi connectivity index (χ4n) is 2.42. The molecule has 0 aliphatic rings. The summed E-state index contributed by atoms with van der Waals surface area (Å²) < 4.78 is 0. The van der Waals surface area contributed by atoms with Gasteiger partial charge in [-0.25, -0.2) is 0 Å². The number of amides is 1. The Bertz CT molecular complexity index is 670. The molecule has 2 N–H and O–H groups in total. The molecule has 23 heavy (non-hydrogen) atoms. The highest BCUT2D eigenvalue weighted by Gasteiger charge is 2.04. The second kappa shape index (κ2) is 8.70. The van der Waals surface area contributed by atoms with Gasteiger partial charge in [0.2, 0.25) is 5.91 Å². The van der Waals surface area contributed by atoms with Crippen LogP contribution in [0.4, 0.5) is 5.69 Å². The second-order valence-corrected chi connectivity index (χ2v) is 6.18. The van der Waals surface area contributed by atoms with Gasteiger partial charge in [0, 0.05) is 23.7 Å². The van der Waals surface area contributed by atoms with Crippen LogP contribution in [0.5, 0.6) is 0 Å². The molecule has 2 aromatic rings. The molecule has 0 bridgehead atoms. The van der Waals surface area contributed by atoms with E-state index in [1.807, 2.05) is 44.2 Å². The summed E-state index contributed by atoms with van der Waals surface area (Å²) in [5.74, 6) is 0.0345. The number of anilines is 1. The van der Waals surface area contributed by atoms with Crippen molar-refractivity contribution in [3.8, 4) is 0 Å². The predicted octanol–water partition coefficient (Wildman–Crippen LogP) is 4.12. The highest BCUT2D eigenvalue weighted by atomic mass is 35.5. The van der Waals surface area contributed by atoms with Gasteiger partial charge in [-0.3, -0.25) is 4.79 Å². The Morgan fingerprint density at radius 1 is 1.09 bits per heavy atom.